The fraction of sp³-hybridized carbons (Fsp3) is 0. The van der Waals surface area contributed by atoms with Gasteiger partial charge >= 0.3 is 93.8 Å². The number of rotatable bonds is 2. The Bertz CT molecular complexity index is 471. The maximum Gasteiger partial charge on any atom is 2.00 e. The standard InChI is InChI=1S/C8H2Cl4O4.2Sr/c9-3-1(7(13)14)2(8(15)16)4(10)6(12)5(3)11;;/h(H,13,14)(H,15,16);;/q;2*+2. The largest absolute Gasteiger partial charge is 2.00 e. The van der Waals surface area contributed by atoms with Crippen LogP contribution in [0.25, 0.3) is 0 Å². The van der Waals surface area contributed by atoms with E-state index in [1.165, 1.54) is 0 Å². The monoisotopic (exact) mass is 478 g/mol. The van der Waals surface area contributed by atoms with E-state index in [-0.39, 0.29) is 104 Å². The van der Waals surface area contributed by atoms with Crippen LogP contribution >= 0.6 is 46.4 Å². The van der Waals surface area contributed by atoms with Crippen molar-refractivity contribution < 1.29 is 22.7 Å². The van der Waals surface area contributed by atoms with Gasteiger partial charge in [-0.2, -0.15) is 0 Å². The van der Waals surface area contributed by atoms with Gasteiger partial charge in [0.15, 0.2) is 0 Å². The van der Waals surface area contributed by atoms with Crippen molar-refractivity contribution in [2.75, 3.05) is 0 Å². The third kappa shape index (κ3) is 4.65. The average Bonchev–Trinajstić information content (AvgIpc) is 2.18. The van der Waals surface area contributed by atoms with Crippen LogP contribution in [0.15, 0.2) is 0 Å². The molecule has 0 fully saturated rings. The molecule has 86 valence electrons. The Morgan fingerprint density at radius 2 is 0.944 bits per heavy atom. The molecule has 0 saturated carbocycles. The SMILES string of the molecule is O=C([O-])c1c(Cl)c(Cl)c(Cl)c(Cl)c1C(=O)[O-].[H+].[H+].[Sr+2].[Sr+2]. The molecule has 0 heterocycles. The summed E-state index contributed by atoms with van der Waals surface area (Å²) in [6, 6.07) is 0. The first-order chi connectivity index (χ1) is 7.29. The van der Waals surface area contributed by atoms with Crippen LogP contribution in [0, 0.1) is 0 Å². The van der Waals surface area contributed by atoms with Gasteiger partial charge in [0.1, 0.15) is 0 Å². The zero-order valence-electron chi connectivity index (χ0n) is 10.6. The minimum Gasteiger partial charge on any atom is -0.545 e. The van der Waals surface area contributed by atoms with E-state index in [2.05, 4.69) is 0 Å². The summed E-state index contributed by atoms with van der Waals surface area (Å²) in [7, 11) is 0. The maximum atomic E-state index is 10.7. The molecular weight excluding hydrogens is 477 g/mol. The van der Waals surface area contributed by atoms with Gasteiger partial charge in [-0.05, 0) is 0 Å². The van der Waals surface area contributed by atoms with Gasteiger partial charge in [0, 0.05) is 11.1 Å². The van der Waals surface area contributed by atoms with Crippen molar-refractivity contribution in [1.82, 2.24) is 0 Å². The van der Waals surface area contributed by atoms with Gasteiger partial charge in [-0.25, -0.2) is 0 Å². The third-order valence-electron chi connectivity index (χ3n) is 1.68. The summed E-state index contributed by atoms with van der Waals surface area (Å²) in [6.07, 6.45) is 0. The Kier molecular flexibility index (Phi) is 11.7. The van der Waals surface area contributed by atoms with Crippen LogP contribution in [0.4, 0.5) is 0 Å². The summed E-state index contributed by atoms with van der Waals surface area (Å²) in [5.41, 5.74) is -1.72. The van der Waals surface area contributed by atoms with Crippen LogP contribution in [0.2, 0.25) is 20.1 Å². The van der Waals surface area contributed by atoms with E-state index in [1.54, 1.807) is 0 Å². The van der Waals surface area contributed by atoms with Crippen LogP contribution in [0.5, 0.6) is 0 Å². The predicted octanol–water partition coefficient (Wildman–Crippen LogP) is 0.491. The second kappa shape index (κ2) is 9.33. The molecule has 0 aromatic heterocycles. The van der Waals surface area contributed by atoms with E-state index in [1.807, 2.05) is 0 Å². The first-order valence-corrected chi connectivity index (χ1v) is 5.08. The second-order valence-electron chi connectivity index (χ2n) is 2.58. The van der Waals surface area contributed by atoms with E-state index < -0.39 is 33.1 Å². The summed E-state index contributed by atoms with van der Waals surface area (Å²) >= 11 is 22.2. The number of carboxylic acid groups (broad SMARTS) is 2. The maximum absolute atomic E-state index is 10.7. The van der Waals surface area contributed by atoms with Crippen molar-refractivity contribution >= 4 is 149 Å². The quantitative estimate of drug-likeness (QED) is 0.352. The topological polar surface area (TPSA) is 80.3 Å². The number of aromatic carboxylic acids is 2. The van der Waals surface area contributed by atoms with Crippen LogP contribution < -0.4 is 10.2 Å². The zero-order chi connectivity index (χ0) is 12.6. The Morgan fingerprint density at radius 1 is 0.722 bits per heavy atom. The van der Waals surface area contributed by atoms with Gasteiger partial charge in [0.05, 0.1) is 32.0 Å². The number of carboxylic acids is 2. The molecule has 0 radical (unpaired) electrons. The predicted molar refractivity (Wildman–Crippen MR) is 68.9 cm³/mol. The molecule has 0 aliphatic heterocycles. The summed E-state index contributed by atoms with van der Waals surface area (Å²) in [4.78, 5) is 21.4. The van der Waals surface area contributed by atoms with Gasteiger partial charge in [-0.1, -0.05) is 46.4 Å². The van der Waals surface area contributed by atoms with E-state index in [0.29, 0.717) is 0 Å². The Hall–Kier alpha value is 2.28. The van der Waals surface area contributed by atoms with Crippen LogP contribution in [0.1, 0.15) is 23.6 Å². The molecule has 1 aromatic rings. The smallest absolute Gasteiger partial charge is 0.545 e. The fourth-order valence-electron chi connectivity index (χ4n) is 1.02. The number of carbonyl (C=O) groups is 2. The molecule has 18 heavy (non-hydrogen) atoms. The average molecular weight is 479 g/mol. The Balaban J connectivity index is -0.000000320. The molecule has 0 atom stereocenters. The Labute approximate surface area is 199 Å². The minimum absolute atomic E-state index is 0. The number of hydrogen-bond acceptors (Lipinski definition) is 4. The van der Waals surface area contributed by atoms with E-state index in [9.17, 15) is 19.8 Å². The molecule has 0 N–H and O–H groups in total. The van der Waals surface area contributed by atoms with E-state index in [4.69, 9.17) is 46.4 Å². The fourth-order valence-corrected chi connectivity index (χ4v) is 2.02. The molecular formula is C8H2Cl4O4Sr2+4. The normalized spacial score (nSPS) is 9.11. The van der Waals surface area contributed by atoms with E-state index >= 15 is 0 Å². The van der Waals surface area contributed by atoms with Gasteiger partial charge < -0.3 is 19.8 Å². The summed E-state index contributed by atoms with van der Waals surface area (Å²) in [6.45, 7) is 0. The van der Waals surface area contributed by atoms with Crippen LogP contribution in [-0.4, -0.2) is 103 Å². The molecule has 0 aliphatic rings. The molecule has 0 spiro atoms. The minimum atomic E-state index is -1.84. The molecule has 0 aliphatic carbocycles. The van der Waals surface area contributed by atoms with Gasteiger partial charge in [0.25, 0.3) is 0 Å². The molecule has 10 heteroatoms. The van der Waals surface area contributed by atoms with Crippen molar-refractivity contribution in [2.45, 2.75) is 0 Å². The number of carbonyl (C=O) groups excluding carboxylic acids is 2. The molecule has 1 rings (SSSR count). The third-order valence-corrected chi connectivity index (χ3v) is 3.48. The number of benzene rings is 1. The van der Waals surface area contributed by atoms with Gasteiger partial charge in [-0.3, -0.25) is 0 Å². The van der Waals surface area contributed by atoms with Crippen molar-refractivity contribution in [2.24, 2.45) is 0 Å². The van der Waals surface area contributed by atoms with Crippen molar-refractivity contribution in [3.8, 4) is 0 Å². The molecule has 0 unspecified atom stereocenters. The van der Waals surface area contributed by atoms with Crippen molar-refractivity contribution in [3.63, 3.8) is 0 Å². The molecule has 0 amide bonds. The Morgan fingerprint density at radius 3 is 1.11 bits per heavy atom. The first kappa shape index (κ1) is 22.6. The molecule has 0 bridgehead atoms. The number of halogens is 4. The molecule has 4 nitrogen and oxygen atoms in total. The van der Waals surface area contributed by atoms with Crippen molar-refractivity contribution in [1.29, 1.82) is 0 Å². The van der Waals surface area contributed by atoms with Gasteiger partial charge in [-0.15, -0.1) is 0 Å². The van der Waals surface area contributed by atoms with Gasteiger partial charge in [0.2, 0.25) is 0 Å². The number of hydrogen-bond donors (Lipinski definition) is 0. The summed E-state index contributed by atoms with van der Waals surface area (Å²) in [5, 5.41) is 19.6. The van der Waals surface area contributed by atoms with Crippen LogP contribution in [0.3, 0.4) is 0 Å². The second-order valence-corrected chi connectivity index (χ2v) is 4.09. The summed E-state index contributed by atoms with van der Waals surface area (Å²) in [5.74, 6) is -3.69. The first-order valence-electron chi connectivity index (χ1n) is 3.57. The molecule has 1 aromatic carbocycles. The van der Waals surface area contributed by atoms with E-state index in [0.717, 1.165) is 0 Å². The molecule has 0 saturated heterocycles. The zero-order valence-corrected chi connectivity index (χ0v) is 18.5. The van der Waals surface area contributed by atoms with Crippen LogP contribution in [-0.2, 0) is 0 Å². The van der Waals surface area contributed by atoms with Crippen molar-refractivity contribution in [3.05, 3.63) is 31.2 Å². The summed E-state index contributed by atoms with van der Waals surface area (Å²) < 4.78 is 0.